The summed E-state index contributed by atoms with van der Waals surface area (Å²) in [7, 11) is 0. The molecule has 1 N–H and O–H groups in total. The zero-order valence-electron chi connectivity index (χ0n) is 9.45. The number of carboxylic acids is 1. The van der Waals surface area contributed by atoms with E-state index >= 15 is 0 Å². The molecule has 0 aromatic rings. The lowest BCUT2D eigenvalue weighted by Gasteiger charge is -2.31. The van der Waals surface area contributed by atoms with Crippen LogP contribution < -0.4 is 0 Å². The molecular formula is C11H19NO3. The molecule has 0 saturated carbocycles. The van der Waals surface area contributed by atoms with Gasteiger partial charge in [-0.1, -0.05) is 0 Å². The highest BCUT2D eigenvalue weighted by Gasteiger charge is 2.34. The number of amides is 1. The lowest BCUT2D eigenvalue weighted by Crippen LogP contribution is -2.42. The molecule has 1 heterocycles. The average molecular weight is 213 g/mol. The Labute approximate surface area is 90.3 Å². The summed E-state index contributed by atoms with van der Waals surface area (Å²) in [6.45, 7) is 4.95. The number of carbonyl (C=O) groups excluding carboxylic acids is 1. The zero-order chi connectivity index (χ0) is 11.5. The molecule has 4 heteroatoms. The van der Waals surface area contributed by atoms with Crippen molar-refractivity contribution in [3.05, 3.63) is 0 Å². The second-order valence-electron chi connectivity index (χ2n) is 4.71. The predicted molar refractivity (Wildman–Crippen MR) is 56.5 cm³/mol. The van der Waals surface area contributed by atoms with E-state index in [1.165, 1.54) is 0 Å². The van der Waals surface area contributed by atoms with Crippen molar-refractivity contribution in [2.45, 2.75) is 51.5 Å². The van der Waals surface area contributed by atoms with E-state index in [1.807, 2.05) is 4.90 Å². The maximum absolute atomic E-state index is 11.8. The van der Waals surface area contributed by atoms with Crippen molar-refractivity contribution in [1.29, 1.82) is 0 Å². The van der Waals surface area contributed by atoms with Gasteiger partial charge in [0.2, 0.25) is 5.91 Å². The standard InChI is InChI=1S/C11H19NO3/c1-11(2)7-4-8-12(11)9(13)5-3-6-10(14)15/h3-8H2,1-2H3,(H,14,15). The Morgan fingerprint density at radius 1 is 1.33 bits per heavy atom. The van der Waals surface area contributed by atoms with Gasteiger partial charge in [0.25, 0.3) is 0 Å². The summed E-state index contributed by atoms with van der Waals surface area (Å²) in [4.78, 5) is 24.0. The monoisotopic (exact) mass is 213 g/mol. The lowest BCUT2D eigenvalue weighted by atomic mass is 10.0. The van der Waals surface area contributed by atoms with E-state index < -0.39 is 5.97 Å². The molecule has 1 amide bonds. The van der Waals surface area contributed by atoms with Gasteiger partial charge >= 0.3 is 5.97 Å². The largest absolute Gasteiger partial charge is 0.481 e. The Morgan fingerprint density at radius 3 is 2.47 bits per heavy atom. The number of nitrogens with zero attached hydrogens (tertiary/aromatic N) is 1. The number of likely N-dealkylation sites (tertiary alicyclic amines) is 1. The van der Waals surface area contributed by atoms with Crippen LogP contribution in [0.15, 0.2) is 0 Å². The lowest BCUT2D eigenvalue weighted by molar-refractivity contribution is -0.137. The van der Waals surface area contributed by atoms with Crippen molar-refractivity contribution >= 4 is 11.9 Å². The topological polar surface area (TPSA) is 57.6 Å². The molecule has 1 saturated heterocycles. The highest BCUT2D eigenvalue weighted by atomic mass is 16.4. The summed E-state index contributed by atoms with van der Waals surface area (Å²) >= 11 is 0. The first kappa shape index (κ1) is 12.0. The van der Waals surface area contributed by atoms with Crippen molar-refractivity contribution in [3.8, 4) is 0 Å². The van der Waals surface area contributed by atoms with Gasteiger partial charge < -0.3 is 10.0 Å². The molecule has 0 unspecified atom stereocenters. The highest BCUT2D eigenvalue weighted by Crippen LogP contribution is 2.28. The predicted octanol–water partition coefficient (Wildman–Crippen LogP) is 1.64. The molecule has 1 rings (SSSR count). The van der Waals surface area contributed by atoms with Gasteiger partial charge in [-0.15, -0.1) is 0 Å². The molecular weight excluding hydrogens is 194 g/mol. The second kappa shape index (κ2) is 4.64. The number of hydrogen-bond donors (Lipinski definition) is 1. The molecule has 4 nitrogen and oxygen atoms in total. The molecule has 1 fully saturated rings. The zero-order valence-corrected chi connectivity index (χ0v) is 9.45. The quantitative estimate of drug-likeness (QED) is 0.772. The van der Waals surface area contributed by atoms with E-state index in [0.717, 1.165) is 19.4 Å². The van der Waals surface area contributed by atoms with Crippen molar-refractivity contribution in [2.24, 2.45) is 0 Å². The Kier molecular flexibility index (Phi) is 3.72. The van der Waals surface area contributed by atoms with Crippen molar-refractivity contribution in [2.75, 3.05) is 6.54 Å². The van der Waals surface area contributed by atoms with E-state index in [9.17, 15) is 9.59 Å². The summed E-state index contributed by atoms with van der Waals surface area (Å²) in [6.07, 6.45) is 2.98. The SMILES string of the molecule is CC1(C)CCCN1C(=O)CCCC(=O)O. The third-order valence-corrected chi connectivity index (χ3v) is 2.98. The second-order valence-corrected chi connectivity index (χ2v) is 4.71. The molecule has 0 aromatic carbocycles. The maximum Gasteiger partial charge on any atom is 0.303 e. The normalized spacial score (nSPS) is 19.2. The van der Waals surface area contributed by atoms with Crippen LogP contribution in [0, 0.1) is 0 Å². The fourth-order valence-electron chi connectivity index (χ4n) is 2.10. The third kappa shape index (κ3) is 3.22. The van der Waals surface area contributed by atoms with Gasteiger partial charge in [-0.25, -0.2) is 0 Å². The molecule has 0 spiro atoms. The van der Waals surface area contributed by atoms with Gasteiger partial charge in [0.1, 0.15) is 0 Å². The van der Waals surface area contributed by atoms with Crippen LogP contribution in [0.3, 0.4) is 0 Å². The maximum atomic E-state index is 11.8. The molecule has 1 aliphatic heterocycles. The van der Waals surface area contributed by atoms with E-state index in [0.29, 0.717) is 12.8 Å². The van der Waals surface area contributed by atoms with Gasteiger partial charge in [0.05, 0.1) is 0 Å². The Balaban J connectivity index is 2.37. The number of aliphatic carboxylic acids is 1. The summed E-state index contributed by atoms with van der Waals surface area (Å²) in [5.74, 6) is -0.734. The Morgan fingerprint density at radius 2 is 2.00 bits per heavy atom. The smallest absolute Gasteiger partial charge is 0.303 e. The van der Waals surface area contributed by atoms with Crippen molar-refractivity contribution in [3.63, 3.8) is 0 Å². The summed E-state index contributed by atoms with van der Waals surface area (Å²) in [6, 6.07) is 0. The minimum Gasteiger partial charge on any atom is -0.481 e. The van der Waals surface area contributed by atoms with Crippen LogP contribution in [-0.2, 0) is 9.59 Å². The molecule has 1 aliphatic rings. The number of carbonyl (C=O) groups is 2. The van der Waals surface area contributed by atoms with Crippen LogP contribution in [-0.4, -0.2) is 34.0 Å². The van der Waals surface area contributed by atoms with Crippen LogP contribution in [0.5, 0.6) is 0 Å². The summed E-state index contributed by atoms with van der Waals surface area (Å²) < 4.78 is 0. The fraction of sp³-hybridized carbons (Fsp3) is 0.818. The first-order valence-electron chi connectivity index (χ1n) is 5.46. The summed E-state index contributed by atoms with van der Waals surface area (Å²) in [5.41, 5.74) is -0.0414. The minimum absolute atomic E-state index is 0.0414. The third-order valence-electron chi connectivity index (χ3n) is 2.98. The Bertz CT molecular complexity index is 261. The van der Waals surface area contributed by atoms with E-state index in [2.05, 4.69) is 13.8 Å². The van der Waals surface area contributed by atoms with Crippen LogP contribution in [0.2, 0.25) is 0 Å². The number of rotatable bonds is 4. The molecule has 0 bridgehead atoms. The first-order chi connectivity index (χ1) is 6.93. The van der Waals surface area contributed by atoms with Gasteiger partial charge in [0.15, 0.2) is 0 Å². The molecule has 0 atom stereocenters. The van der Waals surface area contributed by atoms with E-state index in [-0.39, 0.29) is 17.9 Å². The van der Waals surface area contributed by atoms with Gasteiger partial charge in [-0.05, 0) is 33.1 Å². The van der Waals surface area contributed by atoms with E-state index in [4.69, 9.17) is 5.11 Å². The van der Waals surface area contributed by atoms with Crippen LogP contribution in [0.25, 0.3) is 0 Å². The first-order valence-corrected chi connectivity index (χ1v) is 5.46. The van der Waals surface area contributed by atoms with Gasteiger partial charge in [0, 0.05) is 24.9 Å². The van der Waals surface area contributed by atoms with Crippen molar-refractivity contribution in [1.82, 2.24) is 4.90 Å². The minimum atomic E-state index is -0.830. The fourth-order valence-corrected chi connectivity index (χ4v) is 2.10. The average Bonchev–Trinajstić information content (AvgIpc) is 2.44. The molecule has 86 valence electrons. The van der Waals surface area contributed by atoms with Crippen LogP contribution in [0.1, 0.15) is 46.0 Å². The molecule has 0 aliphatic carbocycles. The van der Waals surface area contributed by atoms with Gasteiger partial charge in [-0.2, -0.15) is 0 Å². The Hall–Kier alpha value is -1.06. The van der Waals surface area contributed by atoms with Crippen molar-refractivity contribution < 1.29 is 14.7 Å². The number of hydrogen-bond acceptors (Lipinski definition) is 2. The molecule has 15 heavy (non-hydrogen) atoms. The molecule has 0 aromatic heterocycles. The van der Waals surface area contributed by atoms with Crippen LogP contribution in [0.4, 0.5) is 0 Å². The highest BCUT2D eigenvalue weighted by molar-refractivity contribution is 5.78. The summed E-state index contributed by atoms with van der Waals surface area (Å²) in [5, 5.41) is 8.47. The van der Waals surface area contributed by atoms with Crippen LogP contribution >= 0.6 is 0 Å². The van der Waals surface area contributed by atoms with E-state index in [1.54, 1.807) is 0 Å². The number of carboxylic acid groups (broad SMARTS) is 1. The molecule has 0 radical (unpaired) electrons. The van der Waals surface area contributed by atoms with Gasteiger partial charge in [-0.3, -0.25) is 9.59 Å².